The lowest BCUT2D eigenvalue weighted by Crippen LogP contribution is -2.32. The van der Waals surface area contributed by atoms with Gasteiger partial charge in [0.25, 0.3) is 0 Å². The largest absolute Gasteiger partial charge is 0.326 e. The van der Waals surface area contributed by atoms with Gasteiger partial charge in [0.05, 0.1) is 10.9 Å². The van der Waals surface area contributed by atoms with Crippen molar-refractivity contribution in [2.24, 2.45) is 0 Å². The van der Waals surface area contributed by atoms with Crippen LogP contribution in [0, 0.1) is 0 Å². The summed E-state index contributed by atoms with van der Waals surface area (Å²) in [6.07, 6.45) is 4.61. The number of rotatable bonds is 4. The molecule has 0 bridgehead atoms. The fraction of sp³-hybridized carbons (Fsp3) is 0.304. The number of nitrogens with one attached hydrogen (secondary N) is 2. The molecule has 3 aromatic rings. The van der Waals surface area contributed by atoms with Gasteiger partial charge in [0.1, 0.15) is 5.82 Å². The standard InChI is InChI=1S/C23H23N5O2S/c29-21(14-19-23(30)25-17-6-3-4-7-18(17)31-19)24-16-11-9-15(10-12-16)22-27-26-20-8-2-1-5-13-28(20)22/h3-4,6-7,9-12,19H,1-2,5,8,13-14H2,(H,24,29)(H,25,30). The van der Waals surface area contributed by atoms with E-state index in [0.29, 0.717) is 5.69 Å². The van der Waals surface area contributed by atoms with Gasteiger partial charge in [-0.1, -0.05) is 18.6 Å². The lowest BCUT2D eigenvalue weighted by Gasteiger charge is -2.23. The Morgan fingerprint density at radius 1 is 1.10 bits per heavy atom. The lowest BCUT2D eigenvalue weighted by atomic mass is 10.2. The Labute approximate surface area is 184 Å². The maximum Gasteiger partial charge on any atom is 0.238 e. The smallest absolute Gasteiger partial charge is 0.238 e. The first-order chi connectivity index (χ1) is 15.2. The first-order valence-corrected chi connectivity index (χ1v) is 11.4. The van der Waals surface area contributed by atoms with Crippen molar-refractivity contribution in [1.29, 1.82) is 0 Å². The molecule has 0 aliphatic carbocycles. The van der Waals surface area contributed by atoms with Crippen LogP contribution < -0.4 is 10.6 Å². The van der Waals surface area contributed by atoms with Crippen LogP contribution in [-0.2, 0) is 22.6 Å². The van der Waals surface area contributed by atoms with Gasteiger partial charge < -0.3 is 15.2 Å². The summed E-state index contributed by atoms with van der Waals surface area (Å²) in [6, 6.07) is 15.3. The molecule has 2 aromatic carbocycles. The van der Waals surface area contributed by atoms with Crippen LogP contribution >= 0.6 is 11.8 Å². The molecule has 0 fully saturated rings. The Kier molecular flexibility index (Phi) is 5.46. The number of para-hydroxylation sites is 1. The van der Waals surface area contributed by atoms with Crippen LogP contribution in [0.25, 0.3) is 11.4 Å². The number of amides is 2. The second kappa shape index (κ2) is 8.55. The molecule has 2 amide bonds. The molecule has 158 valence electrons. The molecule has 2 N–H and O–H groups in total. The zero-order chi connectivity index (χ0) is 21.2. The third-order valence-electron chi connectivity index (χ3n) is 5.61. The average molecular weight is 434 g/mol. The fourth-order valence-corrected chi connectivity index (χ4v) is 5.12. The van der Waals surface area contributed by atoms with E-state index in [1.54, 1.807) is 0 Å². The molecule has 3 heterocycles. The van der Waals surface area contributed by atoms with E-state index < -0.39 is 5.25 Å². The molecular weight excluding hydrogens is 410 g/mol. The van der Waals surface area contributed by atoms with Gasteiger partial charge in [-0.25, -0.2) is 0 Å². The Hall–Kier alpha value is -3.13. The molecule has 1 unspecified atom stereocenters. The van der Waals surface area contributed by atoms with Crippen molar-refractivity contribution < 1.29 is 9.59 Å². The maximum absolute atomic E-state index is 12.6. The molecule has 0 spiro atoms. The molecule has 1 atom stereocenters. The Morgan fingerprint density at radius 3 is 2.81 bits per heavy atom. The summed E-state index contributed by atoms with van der Waals surface area (Å²) in [4.78, 5) is 25.9. The van der Waals surface area contributed by atoms with Crippen molar-refractivity contribution in [2.45, 2.75) is 48.8 Å². The Bertz CT molecular complexity index is 1130. The highest BCUT2D eigenvalue weighted by atomic mass is 32.2. The summed E-state index contributed by atoms with van der Waals surface area (Å²) >= 11 is 1.43. The minimum Gasteiger partial charge on any atom is -0.326 e. The maximum atomic E-state index is 12.6. The number of anilines is 2. The van der Waals surface area contributed by atoms with Crippen LogP contribution in [0.3, 0.4) is 0 Å². The second-order valence-corrected chi connectivity index (χ2v) is 9.07. The number of aryl methyl sites for hydroxylation is 1. The van der Waals surface area contributed by atoms with Crippen LogP contribution in [0.1, 0.15) is 31.5 Å². The van der Waals surface area contributed by atoms with E-state index in [1.807, 2.05) is 48.5 Å². The summed E-state index contributed by atoms with van der Waals surface area (Å²) in [5, 5.41) is 14.1. The monoisotopic (exact) mass is 433 g/mol. The van der Waals surface area contributed by atoms with E-state index in [9.17, 15) is 9.59 Å². The summed E-state index contributed by atoms with van der Waals surface area (Å²) < 4.78 is 2.21. The van der Waals surface area contributed by atoms with Gasteiger partial charge in [0.15, 0.2) is 5.82 Å². The Morgan fingerprint density at radius 2 is 1.94 bits per heavy atom. The van der Waals surface area contributed by atoms with E-state index in [2.05, 4.69) is 25.4 Å². The quantitative estimate of drug-likeness (QED) is 0.646. The predicted octanol–water partition coefficient (Wildman–Crippen LogP) is 4.11. The highest BCUT2D eigenvalue weighted by molar-refractivity contribution is 8.01. The number of benzene rings is 2. The summed E-state index contributed by atoms with van der Waals surface area (Å²) in [6.45, 7) is 0.945. The summed E-state index contributed by atoms with van der Waals surface area (Å²) in [7, 11) is 0. The molecule has 1 aromatic heterocycles. The van der Waals surface area contributed by atoms with Gasteiger partial charge in [-0.2, -0.15) is 0 Å². The molecule has 8 heteroatoms. The molecule has 0 saturated heterocycles. The highest BCUT2D eigenvalue weighted by Gasteiger charge is 2.28. The molecule has 5 rings (SSSR count). The molecule has 31 heavy (non-hydrogen) atoms. The summed E-state index contributed by atoms with van der Waals surface area (Å²) in [5.41, 5.74) is 2.49. The first kappa shape index (κ1) is 19.8. The van der Waals surface area contributed by atoms with Gasteiger partial charge in [-0.15, -0.1) is 22.0 Å². The number of aromatic nitrogens is 3. The summed E-state index contributed by atoms with van der Waals surface area (Å²) in [5.74, 6) is 1.61. The molecule has 0 saturated carbocycles. The van der Waals surface area contributed by atoms with Crippen molar-refractivity contribution in [3.63, 3.8) is 0 Å². The van der Waals surface area contributed by atoms with E-state index in [4.69, 9.17) is 0 Å². The van der Waals surface area contributed by atoms with Gasteiger partial charge >= 0.3 is 0 Å². The van der Waals surface area contributed by atoms with Gasteiger partial charge in [0, 0.05) is 35.5 Å². The molecule has 2 aliphatic rings. The lowest BCUT2D eigenvalue weighted by molar-refractivity contribution is -0.120. The van der Waals surface area contributed by atoms with Crippen molar-refractivity contribution in [2.75, 3.05) is 10.6 Å². The molecule has 2 aliphatic heterocycles. The van der Waals surface area contributed by atoms with Crippen LogP contribution in [0.15, 0.2) is 53.4 Å². The molecular formula is C23H23N5O2S. The minimum absolute atomic E-state index is 0.115. The number of hydrogen-bond donors (Lipinski definition) is 2. The highest BCUT2D eigenvalue weighted by Crippen LogP contribution is 2.36. The topological polar surface area (TPSA) is 88.9 Å². The molecule has 0 radical (unpaired) electrons. The zero-order valence-electron chi connectivity index (χ0n) is 17.0. The third-order valence-corrected chi connectivity index (χ3v) is 6.89. The fourth-order valence-electron chi connectivity index (χ4n) is 4.01. The van der Waals surface area contributed by atoms with Crippen molar-refractivity contribution in [1.82, 2.24) is 14.8 Å². The van der Waals surface area contributed by atoms with Crippen LogP contribution in [0.4, 0.5) is 11.4 Å². The first-order valence-electron chi connectivity index (χ1n) is 10.6. The number of hydrogen-bond acceptors (Lipinski definition) is 5. The Balaban J connectivity index is 1.24. The van der Waals surface area contributed by atoms with E-state index in [0.717, 1.165) is 53.6 Å². The van der Waals surface area contributed by atoms with E-state index in [1.165, 1.54) is 18.2 Å². The minimum atomic E-state index is -0.444. The van der Waals surface area contributed by atoms with Crippen molar-refractivity contribution >= 4 is 35.0 Å². The average Bonchev–Trinajstić information content (AvgIpc) is 3.03. The van der Waals surface area contributed by atoms with Gasteiger partial charge in [-0.3, -0.25) is 9.59 Å². The number of carbonyl (C=O) groups is 2. The van der Waals surface area contributed by atoms with Crippen LogP contribution in [0.5, 0.6) is 0 Å². The number of carbonyl (C=O) groups excluding carboxylic acids is 2. The SMILES string of the molecule is O=C(CC1Sc2ccccc2NC1=O)Nc1ccc(-c2nnc3n2CCCCC3)cc1. The number of fused-ring (bicyclic) bond motifs is 2. The van der Waals surface area contributed by atoms with Crippen LogP contribution in [0.2, 0.25) is 0 Å². The van der Waals surface area contributed by atoms with Crippen molar-refractivity contribution in [3.8, 4) is 11.4 Å². The number of nitrogens with zero attached hydrogens (tertiary/aromatic N) is 3. The molecule has 7 nitrogen and oxygen atoms in total. The zero-order valence-corrected chi connectivity index (χ0v) is 17.8. The van der Waals surface area contributed by atoms with E-state index >= 15 is 0 Å². The van der Waals surface area contributed by atoms with Crippen LogP contribution in [-0.4, -0.2) is 31.8 Å². The van der Waals surface area contributed by atoms with E-state index in [-0.39, 0.29) is 18.2 Å². The second-order valence-electron chi connectivity index (χ2n) is 7.82. The normalized spacial score (nSPS) is 17.8. The van der Waals surface area contributed by atoms with Gasteiger partial charge in [-0.05, 0) is 49.2 Å². The predicted molar refractivity (Wildman–Crippen MR) is 121 cm³/mol. The third kappa shape index (κ3) is 4.20. The van der Waals surface area contributed by atoms with Crippen molar-refractivity contribution in [3.05, 3.63) is 54.4 Å². The van der Waals surface area contributed by atoms with Gasteiger partial charge in [0.2, 0.25) is 11.8 Å². The number of thioether (sulfide) groups is 1.